The number of ketones is 1. The highest BCUT2D eigenvalue weighted by atomic mass is 16.5. The molecule has 9 heteroatoms. The van der Waals surface area contributed by atoms with Crippen LogP contribution in [0.5, 0.6) is 5.75 Å². The van der Waals surface area contributed by atoms with E-state index < -0.39 is 18.0 Å². The number of ether oxygens (including phenoxy) is 1. The Morgan fingerprint density at radius 1 is 0.923 bits per heavy atom. The van der Waals surface area contributed by atoms with Crippen molar-refractivity contribution in [3.05, 3.63) is 65.7 Å². The number of hydrogen-bond acceptors (Lipinski definition) is 7. The first kappa shape index (κ1) is 31.9. The van der Waals surface area contributed by atoms with Crippen LogP contribution in [0.2, 0.25) is 0 Å². The fraction of sp³-hybridized carbons (Fsp3) is 0.500. The van der Waals surface area contributed by atoms with Gasteiger partial charge < -0.3 is 32.2 Å². The van der Waals surface area contributed by atoms with Crippen molar-refractivity contribution in [2.75, 3.05) is 32.8 Å². The normalized spacial score (nSPS) is 12.4. The van der Waals surface area contributed by atoms with E-state index in [-0.39, 0.29) is 37.6 Å². The van der Waals surface area contributed by atoms with Gasteiger partial charge in [0.25, 0.3) is 0 Å². The number of nitrogens with one attached hydrogen (secondary N) is 1. The summed E-state index contributed by atoms with van der Waals surface area (Å²) in [5.41, 5.74) is 19.3. The lowest BCUT2D eigenvalue weighted by Gasteiger charge is -2.24. The number of carbonyl (C=O) groups is 3. The number of nitrogens with zero attached hydrogens (tertiary/aromatic N) is 1. The standard InChI is InChI=1S/C30H45N5O4/c1-2-3-21-39-25-13-9-24(10-14-25)12-16-28(36)27(15-11-23-7-5-4-6-8-23)34-30(38)26(33)22-29(37)35(19-17-31)20-18-32/h4-10,13-14,26-27H,2-3,11-12,15-22,31-33H2,1H3,(H,34,38)/t26-,27-/m0/s1. The van der Waals surface area contributed by atoms with Crippen molar-refractivity contribution in [1.82, 2.24) is 10.2 Å². The minimum absolute atomic E-state index is 0.0750. The maximum absolute atomic E-state index is 13.3. The lowest BCUT2D eigenvalue weighted by Crippen LogP contribution is -2.51. The number of carbonyl (C=O) groups excluding carboxylic acids is 3. The fourth-order valence-corrected chi connectivity index (χ4v) is 4.16. The van der Waals surface area contributed by atoms with Crippen LogP contribution in [-0.2, 0) is 27.2 Å². The molecule has 0 bridgehead atoms. The van der Waals surface area contributed by atoms with Crippen molar-refractivity contribution in [3.63, 3.8) is 0 Å². The molecule has 2 amide bonds. The van der Waals surface area contributed by atoms with E-state index in [9.17, 15) is 14.4 Å². The summed E-state index contributed by atoms with van der Waals surface area (Å²) in [5, 5.41) is 2.82. The van der Waals surface area contributed by atoms with Crippen LogP contribution in [0.25, 0.3) is 0 Å². The third kappa shape index (κ3) is 12.0. The van der Waals surface area contributed by atoms with Crippen LogP contribution in [0.1, 0.15) is 50.2 Å². The molecule has 0 aliphatic rings. The number of amides is 2. The number of benzene rings is 2. The molecule has 2 atom stereocenters. The molecule has 7 N–H and O–H groups in total. The third-order valence-corrected chi connectivity index (χ3v) is 6.50. The number of unbranched alkanes of at least 4 members (excludes halogenated alkanes) is 1. The fourth-order valence-electron chi connectivity index (χ4n) is 4.16. The van der Waals surface area contributed by atoms with Crippen molar-refractivity contribution in [2.45, 2.75) is 64.0 Å². The minimum Gasteiger partial charge on any atom is -0.494 e. The van der Waals surface area contributed by atoms with Crippen LogP contribution in [0.3, 0.4) is 0 Å². The van der Waals surface area contributed by atoms with Gasteiger partial charge in [-0.05, 0) is 48.9 Å². The van der Waals surface area contributed by atoms with Gasteiger partial charge in [-0.3, -0.25) is 14.4 Å². The van der Waals surface area contributed by atoms with Gasteiger partial charge in [-0.1, -0.05) is 55.8 Å². The van der Waals surface area contributed by atoms with E-state index in [4.69, 9.17) is 21.9 Å². The van der Waals surface area contributed by atoms with Gasteiger partial charge in [0, 0.05) is 32.6 Å². The average Bonchev–Trinajstić information content (AvgIpc) is 2.95. The van der Waals surface area contributed by atoms with Crippen LogP contribution in [-0.4, -0.2) is 67.4 Å². The van der Waals surface area contributed by atoms with E-state index in [2.05, 4.69) is 12.2 Å². The van der Waals surface area contributed by atoms with Crippen LogP contribution >= 0.6 is 0 Å². The number of rotatable bonds is 19. The summed E-state index contributed by atoms with van der Waals surface area (Å²) in [4.78, 5) is 40.3. The molecular formula is C30H45N5O4. The zero-order valence-corrected chi connectivity index (χ0v) is 23.1. The molecule has 9 nitrogen and oxygen atoms in total. The van der Waals surface area contributed by atoms with Gasteiger partial charge >= 0.3 is 0 Å². The van der Waals surface area contributed by atoms with Crippen molar-refractivity contribution >= 4 is 17.6 Å². The second-order valence-electron chi connectivity index (χ2n) is 9.67. The van der Waals surface area contributed by atoms with Crippen molar-refractivity contribution in [3.8, 4) is 5.75 Å². The molecule has 0 aliphatic heterocycles. The van der Waals surface area contributed by atoms with Gasteiger partial charge in [0.05, 0.1) is 25.1 Å². The van der Waals surface area contributed by atoms with E-state index in [1.165, 1.54) is 4.90 Å². The summed E-state index contributed by atoms with van der Waals surface area (Å²) < 4.78 is 5.71. The molecule has 0 unspecified atom stereocenters. The summed E-state index contributed by atoms with van der Waals surface area (Å²) in [7, 11) is 0. The lowest BCUT2D eigenvalue weighted by atomic mass is 9.97. The minimum atomic E-state index is -1.08. The molecule has 0 aliphatic carbocycles. The molecule has 2 rings (SSSR count). The Hall–Kier alpha value is -3.27. The molecular weight excluding hydrogens is 494 g/mol. The molecule has 0 saturated carbocycles. The van der Waals surface area contributed by atoms with E-state index in [0.717, 1.165) is 29.7 Å². The first-order chi connectivity index (χ1) is 18.9. The van der Waals surface area contributed by atoms with E-state index in [1.807, 2.05) is 54.6 Å². The lowest BCUT2D eigenvalue weighted by molar-refractivity contribution is -0.135. The van der Waals surface area contributed by atoms with Gasteiger partial charge in [-0.2, -0.15) is 0 Å². The van der Waals surface area contributed by atoms with Crippen LogP contribution in [0.4, 0.5) is 0 Å². The quantitative estimate of drug-likeness (QED) is 0.199. The van der Waals surface area contributed by atoms with E-state index in [1.54, 1.807) is 0 Å². The van der Waals surface area contributed by atoms with Crippen molar-refractivity contribution in [2.24, 2.45) is 17.2 Å². The van der Waals surface area contributed by atoms with Gasteiger partial charge in [-0.15, -0.1) is 0 Å². The summed E-state index contributed by atoms with van der Waals surface area (Å²) in [6.45, 7) is 4.06. The monoisotopic (exact) mass is 539 g/mol. The largest absolute Gasteiger partial charge is 0.494 e. The van der Waals surface area contributed by atoms with Gasteiger partial charge in [0.1, 0.15) is 5.75 Å². The zero-order chi connectivity index (χ0) is 28.5. The first-order valence-corrected chi connectivity index (χ1v) is 13.9. The van der Waals surface area contributed by atoms with Crippen LogP contribution < -0.4 is 27.3 Å². The van der Waals surface area contributed by atoms with Crippen molar-refractivity contribution < 1.29 is 19.1 Å². The first-order valence-electron chi connectivity index (χ1n) is 13.9. The van der Waals surface area contributed by atoms with Crippen molar-refractivity contribution in [1.29, 1.82) is 0 Å². The molecule has 2 aromatic carbocycles. The SMILES string of the molecule is CCCCOc1ccc(CCC(=O)[C@H](CCc2ccccc2)NC(=O)[C@@H](N)CC(=O)N(CCN)CCN)cc1. The molecule has 0 aromatic heterocycles. The van der Waals surface area contributed by atoms with Gasteiger partial charge in [-0.25, -0.2) is 0 Å². The van der Waals surface area contributed by atoms with E-state index >= 15 is 0 Å². The zero-order valence-electron chi connectivity index (χ0n) is 23.1. The molecule has 39 heavy (non-hydrogen) atoms. The number of nitrogens with two attached hydrogens (primary N) is 3. The van der Waals surface area contributed by atoms with Gasteiger partial charge in [0.15, 0.2) is 5.78 Å². The van der Waals surface area contributed by atoms with Gasteiger partial charge in [0.2, 0.25) is 11.8 Å². The number of aryl methyl sites for hydroxylation is 2. The predicted molar refractivity (Wildman–Crippen MR) is 154 cm³/mol. The molecule has 0 radical (unpaired) electrons. The average molecular weight is 540 g/mol. The maximum atomic E-state index is 13.3. The Bertz CT molecular complexity index is 994. The topological polar surface area (TPSA) is 154 Å². The second-order valence-corrected chi connectivity index (χ2v) is 9.67. The summed E-state index contributed by atoms with van der Waals surface area (Å²) >= 11 is 0. The Labute approximate surface area is 232 Å². The number of hydrogen-bond donors (Lipinski definition) is 4. The Morgan fingerprint density at radius 2 is 1.56 bits per heavy atom. The Kier molecular flexibility index (Phi) is 14.8. The third-order valence-electron chi connectivity index (χ3n) is 6.50. The molecule has 0 spiro atoms. The maximum Gasteiger partial charge on any atom is 0.238 e. The Morgan fingerprint density at radius 3 is 2.18 bits per heavy atom. The molecule has 2 aromatic rings. The smallest absolute Gasteiger partial charge is 0.238 e. The highest BCUT2D eigenvalue weighted by Crippen LogP contribution is 2.15. The summed E-state index contributed by atoms with van der Waals surface area (Å²) in [5.74, 6) is -0.0767. The summed E-state index contributed by atoms with van der Waals surface area (Å²) in [6, 6.07) is 15.8. The predicted octanol–water partition coefficient (Wildman–Crippen LogP) is 1.95. The molecule has 0 heterocycles. The van der Waals surface area contributed by atoms with Crippen LogP contribution in [0.15, 0.2) is 54.6 Å². The molecule has 0 saturated heterocycles. The van der Waals surface area contributed by atoms with Crippen LogP contribution in [0, 0.1) is 0 Å². The molecule has 214 valence electrons. The van der Waals surface area contributed by atoms with E-state index in [0.29, 0.717) is 39.0 Å². The Balaban J connectivity index is 2.00. The highest BCUT2D eigenvalue weighted by molar-refractivity contribution is 5.93. The second kappa shape index (κ2) is 18.1. The molecule has 0 fully saturated rings. The highest BCUT2D eigenvalue weighted by Gasteiger charge is 2.26. The summed E-state index contributed by atoms with van der Waals surface area (Å²) in [6.07, 6.45) is 3.77. The number of Topliss-reactive ketones (excluding diaryl/α,β-unsaturated/α-hetero) is 1.